The van der Waals surface area contributed by atoms with E-state index in [0.29, 0.717) is 0 Å². The quantitative estimate of drug-likeness (QED) is 0.850. The molecule has 0 saturated heterocycles. The van der Waals surface area contributed by atoms with Crippen LogP contribution in [0.15, 0.2) is 30.3 Å². The SMILES string of the molecule is COC(=O)[C@H](N[S@](=O)C(C)(C)C)c1ccccc1. The van der Waals surface area contributed by atoms with Gasteiger partial charge in [-0.2, -0.15) is 0 Å². The molecule has 1 N–H and O–H groups in total. The molecule has 100 valence electrons. The van der Waals surface area contributed by atoms with E-state index in [2.05, 4.69) is 4.72 Å². The predicted molar refractivity (Wildman–Crippen MR) is 72.2 cm³/mol. The van der Waals surface area contributed by atoms with Gasteiger partial charge in [-0.25, -0.2) is 13.7 Å². The van der Waals surface area contributed by atoms with Gasteiger partial charge in [0, 0.05) is 0 Å². The van der Waals surface area contributed by atoms with E-state index in [4.69, 9.17) is 4.74 Å². The highest BCUT2D eigenvalue weighted by atomic mass is 32.2. The summed E-state index contributed by atoms with van der Waals surface area (Å²) >= 11 is 0. The van der Waals surface area contributed by atoms with Crippen LogP contribution in [0.1, 0.15) is 32.4 Å². The molecule has 1 aromatic rings. The minimum absolute atomic E-state index is 0.443. The summed E-state index contributed by atoms with van der Waals surface area (Å²) in [5.74, 6) is -0.446. The molecule has 2 atom stereocenters. The number of hydrogen-bond donors (Lipinski definition) is 1. The second-order valence-electron chi connectivity index (χ2n) is 4.87. The molecule has 1 aromatic carbocycles. The zero-order valence-electron chi connectivity index (χ0n) is 11.1. The van der Waals surface area contributed by atoms with E-state index in [1.54, 1.807) is 12.1 Å². The Morgan fingerprint density at radius 3 is 2.28 bits per heavy atom. The minimum atomic E-state index is -1.34. The van der Waals surface area contributed by atoms with Gasteiger partial charge in [0.15, 0.2) is 0 Å². The highest BCUT2D eigenvalue weighted by molar-refractivity contribution is 7.84. The van der Waals surface area contributed by atoms with Crippen LogP contribution < -0.4 is 4.72 Å². The highest BCUT2D eigenvalue weighted by Gasteiger charge is 2.28. The second kappa shape index (κ2) is 6.11. The minimum Gasteiger partial charge on any atom is -0.468 e. The third-order valence-corrected chi connectivity index (χ3v) is 3.91. The van der Waals surface area contributed by atoms with Gasteiger partial charge in [-0.1, -0.05) is 30.3 Å². The van der Waals surface area contributed by atoms with E-state index >= 15 is 0 Å². The van der Waals surface area contributed by atoms with Crippen molar-refractivity contribution in [1.29, 1.82) is 0 Å². The monoisotopic (exact) mass is 269 g/mol. The van der Waals surface area contributed by atoms with Crippen molar-refractivity contribution in [3.63, 3.8) is 0 Å². The number of esters is 1. The molecule has 0 aliphatic rings. The number of hydrogen-bond acceptors (Lipinski definition) is 3. The first-order valence-electron chi connectivity index (χ1n) is 5.67. The molecule has 18 heavy (non-hydrogen) atoms. The molecule has 0 saturated carbocycles. The molecule has 1 rings (SSSR count). The first kappa shape index (κ1) is 14.9. The molecule has 0 heterocycles. The average molecular weight is 269 g/mol. The zero-order valence-corrected chi connectivity index (χ0v) is 11.9. The van der Waals surface area contributed by atoms with Gasteiger partial charge >= 0.3 is 5.97 Å². The van der Waals surface area contributed by atoms with E-state index in [1.165, 1.54) is 7.11 Å². The molecule has 0 amide bonds. The number of methoxy groups -OCH3 is 1. The van der Waals surface area contributed by atoms with E-state index in [-0.39, 0.29) is 0 Å². The third kappa shape index (κ3) is 3.92. The molecule has 0 radical (unpaired) electrons. The van der Waals surface area contributed by atoms with Crippen LogP contribution in [0.2, 0.25) is 0 Å². The van der Waals surface area contributed by atoms with Crippen molar-refractivity contribution in [2.75, 3.05) is 7.11 Å². The van der Waals surface area contributed by atoms with Crippen molar-refractivity contribution in [1.82, 2.24) is 4.72 Å². The summed E-state index contributed by atoms with van der Waals surface area (Å²) < 4.78 is 19.2. The largest absolute Gasteiger partial charge is 0.468 e. The maximum absolute atomic E-state index is 12.1. The maximum atomic E-state index is 12.1. The van der Waals surface area contributed by atoms with E-state index in [9.17, 15) is 9.00 Å². The van der Waals surface area contributed by atoms with Crippen LogP contribution in [0.25, 0.3) is 0 Å². The van der Waals surface area contributed by atoms with Gasteiger partial charge in [0.2, 0.25) is 0 Å². The van der Waals surface area contributed by atoms with Crippen LogP contribution in [0.4, 0.5) is 0 Å². The lowest BCUT2D eigenvalue weighted by Gasteiger charge is -2.23. The molecule has 4 nitrogen and oxygen atoms in total. The Bertz CT molecular complexity index is 426. The Hall–Kier alpha value is -1.20. The summed E-state index contributed by atoms with van der Waals surface area (Å²) in [4.78, 5) is 11.8. The van der Waals surface area contributed by atoms with Gasteiger partial charge in [-0.15, -0.1) is 0 Å². The molecular formula is C13H19NO3S. The van der Waals surface area contributed by atoms with Gasteiger partial charge in [-0.05, 0) is 26.3 Å². The third-order valence-electron chi connectivity index (χ3n) is 2.35. The number of rotatable bonds is 4. The van der Waals surface area contributed by atoms with Crippen LogP contribution in [0.5, 0.6) is 0 Å². The van der Waals surface area contributed by atoms with E-state index < -0.39 is 27.7 Å². The lowest BCUT2D eigenvalue weighted by atomic mass is 10.1. The predicted octanol–water partition coefficient (Wildman–Crippen LogP) is 1.95. The Morgan fingerprint density at radius 2 is 1.83 bits per heavy atom. The normalized spacial score (nSPS) is 14.9. The van der Waals surface area contributed by atoms with Gasteiger partial charge in [0.05, 0.1) is 22.8 Å². The second-order valence-corrected chi connectivity index (χ2v) is 6.86. The van der Waals surface area contributed by atoms with Crippen LogP contribution in [-0.4, -0.2) is 22.0 Å². The number of ether oxygens (including phenoxy) is 1. The van der Waals surface area contributed by atoms with Crippen molar-refractivity contribution in [3.8, 4) is 0 Å². The fraction of sp³-hybridized carbons (Fsp3) is 0.462. The smallest absolute Gasteiger partial charge is 0.328 e. The fourth-order valence-corrected chi connectivity index (χ4v) is 2.10. The number of carbonyl (C=O) groups excluding carboxylic acids is 1. The highest BCUT2D eigenvalue weighted by Crippen LogP contribution is 2.18. The van der Waals surface area contributed by atoms with Gasteiger partial charge < -0.3 is 4.74 Å². The van der Waals surface area contributed by atoms with Crippen molar-refractivity contribution >= 4 is 17.0 Å². The zero-order chi connectivity index (χ0) is 13.8. The van der Waals surface area contributed by atoms with Crippen LogP contribution in [0.3, 0.4) is 0 Å². The molecule has 0 aliphatic carbocycles. The summed E-state index contributed by atoms with van der Waals surface area (Å²) in [6, 6.07) is 8.40. The Balaban J connectivity index is 2.95. The number of nitrogens with one attached hydrogen (secondary N) is 1. The average Bonchev–Trinajstić information content (AvgIpc) is 2.34. The molecule has 0 fully saturated rings. The topological polar surface area (TPSA) is 55.4 Å². The first-order valence-corrected chi connectivity index (χ1v) is 6.82. The Kier molecular flexibility index (Phi) is 5.04. The molecule has 0 aliphatic heterocycles. The maximum Gasteiger partial charge on any atom is 0.328 e. The van der Waals surface area contributed by atoms with Crippen molar-refractivity contribution in [2.45, 2.75) is 31.6 Å². The van der Waals surface area contributed by atoms with Gasteiger partial charge in [0.25, 0.3) is 0 Å². The number of carbonyl (C=O) groups is 1. The molecule has 0 bridgehead atoms. The summed E-state index contributed by atoms with van der Waals surface area (Å²) in [6.45, 7) is 5.53. The lowest BCUT2D eigenvalue weighted by molar-refractivity contribution is -0.142. The summed E-state index contributed by atoms with van der Waals surface area (Å²) in [5, 5.41) is 0. The summed E-state index contributed by atoms with van der Waals surface area (Å²) in [6.07, 6.45) is 0. The van der Waals surface area contributed by atoms with Crippen molar-refractivity contribution < 1.29 is 13.7 Å². The van der Waals surface area contributed by atoms with Crippen LogP contribution in [-0.2, 0) is 20.5 Å². The molecular weight excluding hydrogens is 250 g/mol. The Labute approximate surface area is 110 Å². The van der Waals surface area contributed by atoms with E-state index in [1.807, 2.05) is 39.0 Å². The molecule has 0 aromatic heterocycles. The molecule has 0 unspecified atom stereocenters. The van der Waals surface area contributed by atoms with Crippen LogP contribution >= 0.6 is 0 Å². The number of benzene rings is 1. The summed E-state index contributed by atoms with van der Waals surface area (Å²) in [7, 11) is -0.0215. The van der Waals surface area contributed by atoms with Crippen molar-refractivity contribution in [2.24, 2.45) is 0 Å². The van der Waals surface area contributed by atoms with Crippen LogP contribution in [0, 0.1) is 0 Å². The molecule has 5 heteroatoms. The molecule has 0 spiro atoms. The summed E-state index contributed by atoms with van der Waals surface area (Å²) in [5.41, 5.74) is 0.738. The lowest BCUT2D eigenvalue weighted by Crippen LogP contribution is -2.39. The van der Waals surface area contributed by atoms with Gasteiger partial charge in [-0.3, -0.25) is 0 Å². The first-order chi connectivity index (χ1) is 8.36. The van der Waals surface area contributed by atoms with Crippen molar-refractivity contribution in [3.05, 3.63) is 35.9 Å². The Morgan fingerprint density at radius 1 is 1.28 bits per heavy atom. The van der Waals surface area contributed by atoms with Gasteiger partial charge in [0.1, 0.15) is 6.04 Å². The van der Waals surface area contributed by atoms with E-state index in [0.717, 1.165) is 5.56 Å². The fourth-order valence-electron chi connectivity index (χ4n) is 1.30. The standard InChI is InChI=1S/C13H19NO3S/c1-13(2,3)18(16)14-11(12(15)17-4)10-8-6-5-7-9-10/h5-9,11,14H,1-4H3/t11-,18-/m1/s1.